The molecule has 0 bridgehead atoms. The molecule has 1 aromatic rings. The number of esters is 1. The molecule has 0 atom stereocenters. The van der Waals surface area contributed by atoms with Crippen LogP contribution >= 0.6 is 0 Å². The van der Waals surface area contributed by atoms with E-state index in [2.05, 4.69) is 9.72 Å². The monoisotopic (exact) mass is 213 g/mol. The fourth-order valence-corrected chi connectivity index (χ4v) is 1.04. The topological polar surface area (TPSA) is 107 Å². The van der Waals surface area contributed by atoms with Gasteiger partial charge >= 0.3 is 11.7 Å². The maximum absolute atomic E-state index is 11.4. The van der Waals surface area contributed by atoms with Crippen LogP contribution in [0.4, 0.5) is 0 Å². The summed E-state index contributed by atoms with van der Waals surface area (Å²) in [6.45, 7) is 0. The first-order valence-electron chi connectivity index (χ1n) is 4.21. The van der Waals surface area contributed by atoms with Gasteiger partial charge in [-0.15, -0.1) is 0 Å². The summed E-state index contributed by atoms with van der Waals surface area (Å²) in [7, 11) is 1.26. The van der Waals surface area contributed by atoms with Crippen molar-refractivity contribution in [2.75, 3.05) is 13.0 Å². The quantitative estimate of drug-likeness (QED) is 0.462. The van der Waals surface area contributed by atoms with E-state index in [0.29, 0.717) is 4.68 Å². The second kappa shape index (κ2) is 4.45. The Hall–Kier alpha value is -2.05. The van der Waals surface area contributed by atoms with Crippen LogP contribution in [0.5, 0.6) is 0 Å². The van der Waals surface area contributed by atoms with Gasteiger partial charge in [-0.05, 0) is 6.42 Å². The van der Waals surface area contributed by atoms with Crippen molar-refractivity contribution in [2.45, 2.75) is 12.8 Å². The van der Waals surface area contributed by atoms with E-state index in [1.54, 1.807) is 0 Å². The Balaban J connectivity index is 2.88. The predicted octanol–water partition coefficient (Wildman–Crippen LogP) is -1.64. The van der Waals surface area contributed by atoms with E-state index in [9.17, 15) is 14.4 Å². The molecule has 0 aliphatic heterocycles. The summed E-state index contributed by atoms with van der Waals surface area (Å²) in [5.41, 5.74) is -1.04. The molecule has 0 amide bonds. The highest BCUT2D eigenvalue weighted by molar-refractivity contribution is 5.69. The summed E-state index contributed by atoms with van der Waals surface area (Å²) < 4.78 is 4.88. The van der Waals surface area contributed by atoms with Crippen molar-refractivity contribution in [1.82, 2.24) is 9.66 Å². The molecule has 0 spiro atoms. The molecule has 0 saturated carbocycles. The smallest absolute Gasteiger partial charge is 0.347 e. The second-order valence-corrected chi connectivity index (χ2v) is 2.87. The minimum atomic E-state index is -0.693. The summed E-state index contributed by atoms with van der Waals surface area (Å²) in [6.07, 6.45) is 1.49. The number of ether oxygens (including phenoxy) is 1. The lowest BCUT2D eigenvalue weighted by molar-refractivity contribution is -0.140. The summed E-state index contributed by atoms with van der Waals surface area (Å²) in [4.78, 5) is 35.3. The lowest BCUT2D eigenvalue weighted by atomic mass is 10.2. The second-order valence-electron chi connectivity index (χ2n) is 2.87. The average molecular weight is 213 g/mol. The number of H-pyrrole nitrogens is 1. The molecule has 0 aliphatic carbocycles. The number of nitrogens with one attached hydrogen (secondary N) is 1. The minimum Gasteiger partial charge on any atom is -0.469 e. The van der Waals surface area contributed by atoms with Crippen LogP contribution in [0.2, 0.25) is 0 Å². The average Bonchev–Trinajstić information content (AvgIpc) is 2.24. The normalized spacial score (nSPS) is 9.93. The van der Waals surface area contributed by atoms with Gasteiger partial charge in [0.25, 0.3) is 5.56 Å². The van der Waals surface area contributed by atoms with E-state index < -0.39 is 17.2 Å². The maximum Gasteiger partial charge on any atom is 0.347 e. The molecule has 0 fully saturated rings. The SMILES string of the molecule is COC(=O)CCc1c[nH]c(=O)n(N)c1=O. The number of hydrogen-bond donors (Lipinski definition) is 2. The number of aromatic nitrogens is 2. The number of rotatable bonds is 3. The molecule has 7 heteroatoms. The Labute approximate surface area is 84.4 Å². The highest BCUT2D eigenvalue weighted by Gasteiger charge is 2.07. The van der Waals surface area contributed by atoms with Gasteiger partial charge in [-0.2, -0.15) is 4.68 Å². The van der Waals surface area contributed by atoms with Crippen molar-refractivity contribution in [3.63, 3.8) is 0 Å². The molecule has 0 aromatic carbocycles. The van der Waals surface area contributed by atoms with Crippen LogP contribution in [0.15, 0.2) is 15.8 Å². The fraction of sp³-hybridized carbons (Fsp3) is 0.375. The van der Waals surface area contributed by atoms with E-state index in [-0.39, 0.29) is 18.4 Å². The fourth-order valence-electron chi connectivity index (χ4n) is 1.04. The molecule has 0 radical (unpaired) electrons. The molecule has 7 nitrogen and oxygen atoms in total. The third kappa shape index (κ3) is 2.46. The summed E-state index contributed by atoms with van der Waals surface area (Å²) in [6, 6.07) is 0. The largest absolute Gasteiger partial charge is 0.469 e. The number of carbonyl (C=O) groups is 1. The number of nitrogen functional groups attached to an aromatic ring is 1. The van der Waals surface area contributed by atoms with Crippen molar-refractivity contribution in [3.8, 4) is 0 Å². The molecule has 1 heterocycles. The molecular weight excluding hydrogens is 202 g/mol. The lowest BCUT2D eigenvalue weighted by Gasteiger charge is -2.01. The van der Waals surface area contributed by atoms with Gasteiger partial charge in [-0.3, -0.25) is 9.59 Å². The van der Waals surface area contributed by atoms with Gasteiger partial charge < -0.3 is 15.6 Å². The Bertz CT molecular complexity index is 474. The molecular formula is C8H11N3O4. The van der Waals surface area contributed by atoms with Crippen LogP contribution in [-0.2, 0) is 16.0 Å². The summed E-state index contributed by atoms with van der Waals surface area (Å²) >= 11 is 0. The highest BCUT2D eigenvalue weighted by Crippen LogP contribution is 1.94. The first kappa shape index (κ1) is 11.0. The van der Waals surface area contributed by atoms with Crippen molar-refractivity contribution in [3.05, 3.63) is 32.6 Å². The molecule has 1 rings (SSSR count). The van der Waals surface area contributed by atoms with Gasteiger partial charge in [-0.25, -0.2) is 4.79 Å². The van der Waals surface area contributed by atoms with Crippen LogP contribution in [-0.4, -0.2) is 22.7 Å². The Morgan fingerprint density at radius 2 is 2.27 bits per heavy atom. The standard InChI is InChI=1S/C8H11N3O4/c1-15-6(12)3-2-5-4-10-8(14)11(9)7(5)13/h4H,2-3,9H2,1H3,(H,10,14). The first-order valence-corrected chi connectivity index (χ1v) is 4.21. The van der Waals surface area contributed by atoms with E-state index in [1.807, 2.05) is 0 Å². The van der Waals surface area contributed by atoms with Crippen LogP contribution in [0.1, 0.15) is 12.0 Å². The van der Waals surface area contributed by atoms with E-state index in [0.717, 1.165) is 0 Å². The van der Waals surface area contributed by atoms with Gasteiger partial charge in [-0.1, -0.05) is 0 Å². The van der Waals surface area contributed by atoms with Crippen LogP contribution in [0, 0.1) is 0 Å². The van der Waals surface area contributed by atoms with Gasteiger partial charge in [0, 0.05) is 18.2 Å². The van der Waals surface area contributed by atoms with Crippen LogP contribution in [0.3, 0.4) is 0 Å². The number of hydrogen-bond acceptors (Lipinski definition) is 5. The zero-order valence-electron chi connectivity index (χ0n) is 8.15. The number of nitrogens with zero attached hydrogens (tertiary/aromatic N) is 1. The Kier molecular flexibility index (Phi) is 3.27. The number of aromatic amines is 1. The van der Waals surface area contributed by atoms with Gasteiger partial charge in [0.1, 0.15) is 0 Å². The number of aryl methyl sites for hydroxylation is 1. The first-order chi connectivity index (χ1) is 7.06. The van der Waals surface area contributed by atoms with Crippen molar-refractivity contribution in [1.29, 1.82) is 0 Å². The molecule has 0 unspecified atom stereocenters. The molecule has 0 aliphatic rings. The van der Waals surface area contributed by atoms with Crippen molar-refractivity contribution < 1.29 is 9.53 Å². The number of nitrogens with two attached hydrogens (primary N) is 1. The molecule has 15 heavy (non-hydrogen) atoms. The van der Waals surface area contributed by atoms with Crippen molar-refractivity contribution >= 4 is 5.97 Å². The Morgan fingerprint density at radius 3 is 2.87 bits per heavy atom. The Morgan fingerprint density at radius 1 is 1.60 bits per heavy atom. The third-order valence-electron chi connectivity index (χ3n) is 1.91. The number of carbonyl (C=O) groups excluding carboxylic acids is 1. The predicted molar refractivity (Wildman–Crippen MR) is 51.8 cm³/mol. The molecule has 0 saturated heterocycles. The summed E-state index contributed by atoms with van der Waals surface area (Å²) in [5, 5.41) is 0. The van der Waals surface area contributed by atoms with Gasteiger partial charge in [0.2, 0.25) is 0 Å². The van der Waals surface area contributed by atoms with Gasteiger partial charge in [0.15, 0.2) is 0 Å². The molecule has 82 valence electrons. The zero-order valence-corrected chi connectivity index (χ0v) is 8.15. The third-order valence-corrected chi connectivity index (χ3v) is 1.91. The van der Waals surface area contributed by atoms with Gasteiger partial charge in [0.05, 0.1) is 7.11 Å². The number of methoxy groups -OCH3 is 1. The van der Waals surface area contributed by atoms with E-state index in [4.69, 9.17) is 5.84 Å². The summed E-state index contributed by atoms with van der Waals surface area (Å²) in [5.74, 6) is 4.74. The van der Waals surface area contributed by atoms with Crippen molar-refractivity contribution in [2.24, 2.45) is 0 Å². The van der Waals surface area contributed by atoms with E-state index in [1.165, 1.54) is 13.3 Å². The molecule has 1 aromatic heterocycles. The van der Waals surface area contributed by atoms with E-state index >= 15 is 0 Å². The molecule has 3 N–H and O–H groups in total. The minimum absolute atomic E-state index is 0.0672. The highest BCUT2D eigenvalue weighted by atomic mass is 16.5. The maximum atomic E-state index is 11.4. The van der Waals surface area contributed by atoms with Crippen LogP contribution < -0.4 is 17.1 Å². The zero-order chi connectivity index (χ0) is 11.4. The lowest BCUT2D eigenvalue weighted by Crippen LogP contribution is -2.42. The van der Waals surface area contributed by atoms with Crippen LogP contribution in [0.25, 0.3) is 0 Å².